The second-order valence-corrected chi connectivity index (χ2v) is 5.29. The number of pyridine rings is 1. The zero-order valence-corrected chi connectivity index (χ0v) is 11.0. The number of nitrogens with zero attached hydrogens (tertiary/aromatic N) is 1. The van der Waals surface area contributed by atoms with Crippen LogP contribution in [-0.4, -0.2) is 10.8 Å². The maximum absolute atomic E-state index is 13.7. The first-order valence-electron chi connectivity index (χ1n) is 5.79. The molecule has 0 fully saturated rings. The van der Waals surface area contributed by atoms with Crippen LogP contribution in [0.2, 0.25) is 0 Å². The molecule has 0 saturated carbocycles. The number of aryl methyl sites for hydroxylation is 1. The van der Waals surface area contributed by atoms with Crippen molar-refractivity contribution in [2.75, 3.05) is 0 Å². The van der Waals surface area contributed by atoms with Crippen LogP contribution in [0.25, 0.3) is 10.2 Å². The third kappa shape index (κ3) is 2.15. The van der Waals surface area contributed by atoms with Crippen molar-refractivity contribution in [1.82, 2.24) is 4.98 Å². The van der Waals surface area contributed by atoms with Crippen LogP contribution in [0, 0.1) is 12.7 Å². The van der Waals surface area contributed by atoms with E-state index in [1.54, 1.807) is 18.2 Å². The van der Waals surface area contributed by atoms with Crippen molar-refractivity contribution in [1.29, 1.82) is 0 Å². The molecule has 3 rings (SSSR count). The standard InChI is InChI=1S/C15H10FNOS/c1-9-2-3-12(16)11(6-9)15(18)10-7-14-13(17-8-10)4-5-19-14/h2-8H,1H3. The Kier molecular flexibility index (Phi) is 2.87. The van der Waals surface area contributed by atoms with Crippen LogP contribution >= 0.6 is 11.3 Å². The molecule has 0 N–H and O–H groups in total. The first kappa shape index (κ1) is 12.0. The molecule has 1 aromatic carbocycles. The molecule has 19 heavy (non-hydrogen) atoms. The smallest absolute Gasteiger partial charge is 0.197 e. The molecule has 3 aromatic rings. The molecule has 0 atom stereocenters. The van der Waals surface area contributed by atoms with E-state index in [9.17, 15) is 9.18 Å². The normalized spacial score (nSPS) is 10.8. The van der Waals surface area contributed by atoms with Gasteiger partial charge in [-0.05, 0) is 36.6 Å². The van der Waals surface area contributed by atoms with Gasteiger partial charge in [0, 0.05) is 11.8 Å². The number of carbonyl (C=O) groups is 1. The van der Waals surface area contributed by atoms with E-state index >= 15 is 0 Å². The number of thiophene rings is 1. The van der Waals surface area contributed by atoms with Crippen molar-refractivity contribution < 1.29 is 9.18 Å². The number of aromatic nitrogens is 1. The predicted molar refractivity (Wildman–Crippen MR) is 74.2 cm³/mol. The van der Waals surface area contributed by atoms with Crippen molar-refractivity contribution in [3.8, 4) is 0 Å². The van der Waals surface area contributed by atoms with Gasteiger partial charge in [-0.15, -0.1) is 11.3 Å². The maximum Gasteiger partial charge on any atom is 0.197 e. The van der Waals surface area contributed by atoms with Crippen LogP contribution in [0.1, 0.15) is 21.5 Å². The van der Waals surface area contributed by atoms with E-state index in [4.69, 9.17) is 0 Å². The van der Waals surface area contributed by atoms with Gasteiger partial charge in [0.15, 0.2) is 5.78 Å². The quantitative estimate of drug-likeness (QED) is 0.660. The van der Waals surface area contributed by atoms with E-state index in [1.807, 2.05) is 18.4 Å². The number of carbonyl (C=O) groups excluding carboxylic acids is 1. The molecule has 0 aliphatic carbocycles. The van der Waals surface area contributed by atoms with Crippen LogP contribution in [-0.2, 0) is 0 Å². The summed E-state index contributed by atoms with van der Waals surface area (Å²) >= 11 is 1.51. The van der Waals surface area contributed by atoms with Gasteiger partial charge in [-0.2, -0.15) is 0 Å². The molecule has 4 heteroatoms. The summed E-state index contributed by atoms with van der Waals surface area (Å²) in [6, 6.07) is 8.18. The highest BCUT2D eigenvalue weighted by atomic mass is 32.1. The fraction of sp³-hybridized carbons (Fsp3) is 0.0667. The fourth-order valence-electron chi connectivity index (χ4n) is 1.94. The molecule has 0 amide bonds. The van der Waals surface area contributed by atoms with E-state index in [2.05, 4.69) is 4.98 Å². The van der Waals surface area contributed by atoms with Crippen molar-refractivity contribution >= 4 is 27.3 Å². The lowest BCUT2D eigenvalue weighted by Crippen LogP contribution is -2.05. The number of hydrogen-bond donors (Lipinski definition) is 0. The van der Waals surface area contributed by atoms with E-state index in [0.717, 1.165) is 15.8 Å². The summed E-state index contributed by atoms with van der Waals surface area (Å²) in [5.41, 5.74) is 2.22. The summed E-state index contributed by atoms with van der Waals surface area (Å²) in [6.07, 6.45) is 1.50. The highest BCUT2D eigenvalue weighted by Gasteiger charge is 2.15. The number of ketones is 1. The largest absolute Gasteiger partial charge is 0.288 e. The van der Waals surface area contributed by atoms with E-state index in [-0.39, 0.29) is 11.3 Å². The van der Waals surface area contributed by atoms with Gasteiger partial charge in [0.05, 0.1) is 15.8 Å². The van der Waals surface area contributed by atoms with Crippen molar-refractivity contribution in [2.45, 2.75) is 6.92 Å². The molecule has 2 aromatic heterocycles. The Morgan fingerprint density at radius 2 is 2.11 bits per heavy atom. The Balaban J connectivity index is 2.09. The zero-order chi connectivity index (χ0) is 13.4. The molecule has 0 spiro atoms. The Morgan fingerprint density at radius 1 is 1.26 bits per heavy atom. The summed E-state index contributed by atoms with van der Waals surface area (Å²) in [4.78, 5) is 16.5. The van der Waals surface area contributed by atoms with Crippen molar-refractivity contribution in [3.63, 3.8) is 0 Å². The molecule has 0 aliphatic rings. The number of rotatable bonds is 2. The average molecular weight is 271 g/mol. The lowest BCUT2D eigenvalue weighted by molar-refractivity contribution is 0.103. The molecule has 2 nitrogen and oxygen atoms in total. The molecule has 0 bridgehead atoms. The summed E-state index contributed by atoms with van der Waals surface area (Å²) in [6.45, 7) is 1.83. The van der Waals surface area contributed by atoms with Gasteiger partial charge in [0.1, 0.15) is 5.82 Å². The average Bonchev–Trinajstić information content (AvgIpc) is 2.88. The fourth-order valence-corrected chi connectivity index (χ4v) is 2.72. The molecule has 0 radical (unpaired) electrons. The second kappa shape index (κ2) is 4.55. The lowest BCUT2D eigenvalue weighted by atomic mass is 10.0. The Bertz CT molecular complexity index is 779. The highest BCUT2D eigenvalue weighted by molar-refractivity contribution is 7.17. The Morgan fingerprint density at radius 3 is 2.95 bits per heavy atom. The molecular formula is C15H10FNOS. The predicted octanol–water partition coefficient (Wildman–Crippen LogP) is 3.97. The van der Waals surface area contributed by atoms with Gasteiger partial charge in [0.25, 0.3) is 0 Å². The molecule has 0 aliphatic heterocycles. The summed E-state index contributed by atoms with van der Waals surface area (Å²) in [7, 11) is 0. The molecular weight excluding hydrogens is 261 g/mol. The van der Waals surface area contributed by atoms with Gasteiger partial charge in [-0.3, -0.25) is 9.78 Å². The first-order valence-corrected chi connectivity index (χ1v) is 6.67. The number of fused-ring (bicyclic) bond motifs is 1. The van der Waals surface area contributed by atoms with Gasteiger partial charge < -0.3 is 0 Å². The third-order valence-electron chi connectivity index (χ3n) is 2.93. The second-order valence-electron chi connectivity index (χ2n) is 4.34. The SMILES string of the molecule is Cc1ccc(F)c(C(=O)c2cnc3ccsc3c2)c1. The van der Waals surface area contributed by atoms with Gasteiger partial charge in [0.2, 0.25) is 0 Å². The summed E-state index contributed by atoms with van der Waals surface area (Å²) < 4.78 is 14.7. The van der Waals surface area contributed by atoms with Gasteiger partial charge in [-0.25, -0.2) is 4.39 Å². The highest BCUT2D eigenvalue weighted by Crippen LogP contribution is 2.22. The van der Waals surface area contributed by atoms with Crippen LogP contribution in [0.3, 0.4) is 0 Å². The number of halogens is 1. The van der Waals surface area contributed by atoms with Crippen LogP contribution < -0.4 is 0 Å². The minimum Gasteiger partial charge on any atom is -0.288 e. The lowest BCUT2D eigenvalue weighted by Gasteiger charge is -2.04. The van der Waals surface area contributed by atoms with Gasteiger partial charge >= 0.3 is 0 Å². The monoisotopic (exact) mass is 271 g/mol. The number of hydrogen-bond acceptors (Lipinski definition) is 3. The third-order valence-corrected chi connectivity index (χ3v) is 3.78. The summed E-state index contributed by atoms with van der Waals surface area (Å²) in [5.74, 6) is -0.828. The van der Waals surface area contributed by atoms with Gasteiger partial charge in [-0.1, -0.05) is 11.6 Å². The number of benzene rings is 1. The van der Waals surface area contributed by atoms with Crippen molar-refractivity contribution in [3.05, 3.63) is 64.4 Å². The Hall–Kier alpha value is -2.07. The minimum absolute atomic E-state index is 0.0951. The molecule has 0 saturated heterocycles. The minimum atomic E-state index is -0.498. The first-order chi connectivity index (χ1) is 9.15. The van der Waals surface area contributed by atoms with E-state index in [0.29, 0.717) is 5.56 Å². The Labute approximate surface area is 113 Å². The van der Waals surface area contributed by atoms with E-state index < -0.39 is 5.82 Å². The van der Waals surface area contributed by atoms with E-state index in [1.165, 1.54) is 23.6 Å². The molecule has 94 valence electrons. The maximum atomic E-state index is 13.7. The van der Waals surface area contributed by atoms with Crippen LogP contribution in [0.15, 0.2) is 41.9 Å². The molecule has 2 heterocycles. The van der Waals surface area contributed by atoms with Crippen LogP contribution in [0.5, 0.6) is 0 Å². The summed E-state index contributed by atoms with van der Waals surface area (Å²) in [5, 5.41) is 1.92. The zero-order valence-electron chi connectivity index (χ0n) is 10.2. The van der Waals surface area contributed by atoms with Crippen molar-refractivity contribution in [2.24, 2.45) is 0 Å². The van der Waals surface area contributed by atoms with Crippen LogP contribution in [0.4, 0.5) is 4.39 Å². The molecule has 0 unspecified atom stereocenters. The topological polar surface area (TPSA) is 30.0 Å².